The number of fused-ring (bicyclic) bond motifs is 1. The summed E-state index contributed by atoms with van der Waals surface area (Å²) in [4.78, 5) is 24.3. The SMILES string of the molecule is CCCNS(=O)(=O)c1ccc2c(c1)CCN2C(=O)CCC(=O)O. The van der Waals surface area contributed by atoms with Gasteiger partial charge in [0.2, 0.25) is 15.9 Å². The molecule has 2 rings (SSSR count). The molecule has 0 aliphatic carbocycles. The van der Waals surface area contributed by atoms with Gasteiger partial charge in [0.1, 0.15) is 0 Å². The number of amides is 1. The molecule has 0 atom stereocenters. The van der Waals surface area contributed by atoms with E-state index in [1.54, 1.807) is 12.1 Å². The van der Waals surface area contributed by atoms with Gasteiger partial charge in [0.25, 0.3) is 0 Å². The fourth-order valence-electron chi connectivity index (χ4n) is 2.47. The number of carbonyl (C=O) groups is 2. The molecule has 1 aliphatic rings. The normalized spacial score (nSPS) is 13.9. The quantitative estimate of drug-likeness (QED) is 0.774. The van der Waals surface area contributed by atoms with E-state index >= 15 is 0 Å². The van der Waals surface area contributed by atoms with E-state index in [0.717, 1.165) is 5.56 Å². The molecule has 8 heteroatoms. The molecule has 2 N–H and O–H groups in total. The fourth-order valence-corrected chi connectivity index (χ4v) is 3.66. The lowest BCUT2D eigenvalue weighted by Crippen LogP contribution is -2.29. The molecule has 0 saturated heterocycles. The van der Waals surface area contributed by atoms with Crippen LogP contribution in [0.1, 0.15) is 31.7 Å². The molecule has 23 heavy (non-hydrogen) atoms. The number of carboxylic acids is 1. The largest absolute Gasteiger partial charge is 0.481 e. The third-order valence-corrected chi connectivity index (χ3v) is 5.11. The Labute approximate surface area is 135 Å². The van der Waals surface area contributed by atoms with E-state index in [-0.39, 0.29) is 23.6 Å². The predicted molar refractivity (Wildman–Crippen MR) is 84.8 cm³/mol. The monoisotopic (exact) mass is 340 g/mol. The molecule has 7 nitrogen and oxygen atoms in total. The number of aliphatic carboxylic acids is 1. The van der Waals surface area contributed by atoms with Crippen molar-refractivity contribution in [2.75, 3.05) is 18.0 Å². The molecule has 126 valence electrons. The van der Waals surface area contributed by atoms with Gasteiger partial charge in [-0.15, -0.1) is 0 Å². The predicted octanol–water partition coefficient (Wildman–Crippen LogP) is 1.13. The summed E-state index contributed by atoms with van der Waals surface area (Å²) in [6.45, 7) is 2.70. The van der Waals surface area contributed by atoms with Crippen molar-refractivity contribution in [3.63, 3.8) is 0 Å². The maximum absolute atomic E-state index is 12.1. The topological polar surface area (TPSA) is 104 Å². The van der Waals surface area contributed by atoms with Crippen LogP contribution in [-0.2, 0) is 26.0 Å². The minimum atomic E-state index is -3.53. The lowest BCUT2D eigenvalue weighted by atomic mass is 10.2. The highest BCUT2D eigenvalue weighted by molar-refractivity contribution is 7.89. The third kappa shape index (κ3) is 4.08. The molecular formula is C15H20N2O5S. The zero-order valence-electron chi connectivity index (χ0n) is 12.9. The minimum Gasteiger partial charge on any atom is -0.481 e. The molecule has 0 aromatic heterocycles. The van der Waals surface area contributed by atoms with Crippen LogP contribution in [0.15, 0.2) is 23.1 Å². The first-order valence-electron chi connectivity index (χ1n) is 7.50. The number of hydrogen-bond acceptors (Lipinski definition) is 4. The van der Waals surface area contributed by atoms with Crippen molar-refractivity contribution in [1.82, 2.24) is 4.72 Å². The van der Waals surface area contributed by atoms with Crippen LogP contribution >= 0.6 is 0 Å². The van der Waals surface area contributed by atoms with E-state index in [1.807, 2.05) is 6.92 Å². The lowest BCUT2D eigenvalue weighted by Gasteiger charge is -2.17. The van der Waals surface area contributed by atoms with E-state index in [2.05, 4.69) is 4.72 Å². The van der Waals surface area contributed by atoms with Crippen LogP contribution in [0.2, 0.25) is 0 Å². The fraction of sp³-hybridized carbons (Fsp3) is 0.467. The van der Waals surface area contributed by atoms with Crippen LogP contribution < -0.4 is 9.62 Å². The van der Waals surface area contributed by atoms with Crippen molar-refractivity contribution in [1.29, 1.82) is 0 Å². The molecular weight excluding hydrogens is 320 g/mol. The summed E-state index contributed by atoms with van der Waals surface area (Å²) < 4.78 is 26.8. The van der Waals surface area contributed by atoms with E-state index in [9.17, 15) is 18.0 Å². The number of nitrogens with zero attached hydrogens (tertiary/aromatic N) is 1. The molecule has 1 amide bonds. The Balaban J connectivity index is 2.17. The first kappa shape index (κ1) is 17.4. The zero-order valence-corrected chi connectivity index (χ0v) is 13.7. The van der Waals surface area contributed by atoms with Gasteiger partial charge in [-0.3, -0.25) is 9.59 Å². The number of rotatable bonds is 7. The molecule has 0 radical (unpaired) electrons. The number of anilines is 1. The first-order valence-corrected chi connectivity index (χ1v) is 8.98. The van der Waals surface area contributed by atoms with Crippen LogP contribution in [0.4, 0.5) is 5.69 Å². The molecule has 1 aromatic carbocycles. The highest BCUT2D eigenvalue weighted by Gasteiger charge is 2.26. The summed E-state index contributed by atoms with van der Waals surface area (Å²) >= 11 is 0. The van der Waals surface area contributed by atoms with Crippen molar-refractivity contribution in [3.05, 3.63) is 23.8 Å². The average molecular weight is 340 g/mol. The smallest absolute Gasteiger partial charge is 0.303 e. The van der Waals surface area contributed by atoms with Gasteiger partial charge in [-0.25, -0.2) is 13.1 Å². The Morgan fingerprint density at radius 1 is 1.30 bits per heavy atom. The maximum atomic E-state index is 12.1. The number of nitrogens with one attached hydrogen (secondary N) is 1. The lowest BCUT2D eigenvalue weighted by molar-refractivity contribution is -0.138. The summed E-state index contributed by atoms with van der Waals surface area (Å²) in [5, 5.41) is 8.65. The standard InChI is InChI=1S/C15H20N2O5S/c1-2-8-16-23(21,22)12-3-4-13-11(10-12)7-9-17(13)14(18)5-6-15(19)20/h3-4,10,16H,2,5-9H2,1H3,(H,19,20). The van der Waals surface area contributed by atoms with Gasteiger partial charge in [-0.05, 0) is 36.6 Å². The molecule has 0 spiro atoms. The summed E-state index contributed by atoms with van der Waals surface area (Å²) in [6, 6.07) is 4.67. The van der Waals surface area contributed by atoms with Crippen LogP contribution in [0.25, 0.3) is 0 Å². The average Bonchev–Trinajstić information content (AvgIpc) is 2.93. The Kier molecular flexibility index (Phi) is 5.38. The van der Waals surface area contributed by atoms with Crippen LogP contribution in [0, 0.1) is 0 Å². The van der Waals surface area contributed by atoms with Crippen molar-refractivity contribution in [2.24, 2.45) is 0 Å². The van der Waals surface area contributed by atoms with Crippen molar-refractivity contribution >= 4 is 27.6 Å². The van der Waals surface area contributed by atoms with Crippen LogP contribution in [-0.4, -0.2) is 38.5 Å². The van der Waals surface area contributed by atoms with E-state index in [4.69, 9.17) is 5.11 Å². The third-order valence-electron chi connectivity index (χ3n) is 3.65. The van der Waals surface area contributed by atoms with Gasteiger partial charge >= 0.3 is 5.97 Å². The Hall–Kier alpha value is -1.93. The van der Waals surface area contributed by atoms with Gasteiger partial charge in [-0.1, -0.05) is 6.92 Å². The van der Waals surface area contributed by atoms with Gasteiger partial charge < -0.3 is 10.0 Å². The number of hydrogen-bond donors (Lipinski definition) is 2. The number of sulfonamides is 1. The number of benzene rings is 1. The van der Waals surface area contributed by atoms with E-state index in [0.29, 0.717) is 31.6 Å². The second-order valence-electron chi connectivity index (χ2n) is 5.38. The molecule has 1 aromatic rings. The highest BCUT2D eigenvalue weighted by Crippen LogP contribution is 2.30. The van der Waals surface area contributed by atoms with Crippen molar-refractivity contribution in [3.8, 4) is 0 Å². The molecule has 1 heterocycles. The van der Waals surface area contributed by atoms with Crippen molar-refractivity contribution in [2.45, 2.75) is 37.5 Å². The summed E-state index contributed by atoms with van der Waals surface area (Å²) in [6.07, 6.45) is 0.992. The molecule has 0 unspecified atom stereocenters. The summed E-state index contributed by atoms with van der Waals surface area (Å²) in [5.41, 5.74) is 1.45. The second-order valence-corrected chi connectivity index (χ2v) is 7.14. The number of carboxylic acid groups (broad SMARTS) is 1. The maximum Gasteiger partial charge on any atom is 0.303 e. The Bertz CT molecular complexity index is 715. The van der Waals surface area contributed by atoms with Gasteiger partial charge in [-0.2, -0.15) is 0 Å². The zero-order chi connectivity index (χ0) is 17.0. The molecule has 0 fully saturated rings. The summed E-state index contributed by atoms with van der Waals surface area (Å²) in [7, 11) is -3.53. The molecule has 0 saturated carbocycles. The Morgan fingerprint density at radius 3 is 2.70 bits per heavy atom. The number of carbonyl (C=O) groups excluding carboxylic acids is 1. The van der Waals surface area contributed by atoms with Crippen LogP contribution in [0.5, 0.6) is 0 Å². The Morgan fingerprint density at radius 2 is 2.04 bits per heavy atom. The van der Waals surface area contributed by atoms with E-state index < -0.39 is 16.0 Å². The minimum absolute atomic E-state index is 0.0626. The molecule has 0 bridgehead atoms. The highest BCUT2D eigenvalue weighted by atomic mass is 32.2. The van der Waals surface area contributed by atoms with Gasteiger partial charge in [0, 0.05) is 25.2 Å². The van der Waals surface area contributed by atoms with Gasteiger partial charge in [0.15, 0.2) is 0 Å². The first-order chi connectivity index (χ1) is 10.8. The summed E-state index contributed by atoms with van der Waals surface area (Å²) in [5.74, 6) is -1.27. The van der Waals surface area contributed by atoms with Crippen molar-refractivity contribution < 1.29 is 23.1 Å². The van der Waals surface area contributed by atoms with Crippen LogP contribution in [0.3, 0.4) is 0 Å². The second kappa shape index (κ2) is 7.10. The molecule has 1 aliphatic heterocycles. The van der Waals surface area contributed by atoms with E-state index in [1.165, 1.54) is 11.0 Å². The van der Waals surface area contributed by atoms with Gasteiger partial charge in [0.05, 0.1) is 11.3 Å².